The number of ether oxygens (including phenoxy) is 2. The molecule has 0 saturated carbocycles. The highest BCUT2D eigenvalue weighted by Gasteiger charge is 2.14. The summed E-state index contributed by atoms with van der Waals surface area (Å²) in [5.74, 6) is 1.31. The molecule has 0 aliphatic heterocycles. The SMILES string of the molecule is CCn1nc(C)c(CNCc2ccc(OCC(O)CN(C)C(C)C)c(OC)c2)c1C. The first-order chi connectivity index (χ1) is 14.3. The van der Waals surface area contributed by atoms with E-state index in [1.54, 1.807) is 7.11 Å². The van der Waals surface area contributed by atoms with Gasteiger partial charge in [-0.2, -0.15) is 5.10 Å². The third-order valence-corrected chi connectivity index (χ3v) is 5.50. The van der Waals surface area contributed by atoms with Crippen LogP contribution in [0.4, 0.5) is 0 Å². The second-order valence-electron chi connectivity index (χ2n) is 8.05. The van der Waals surface area contributed by atoms with Crippen LogP contribution in [0.15, 0.2) is 18.2 Å². The van der Waals surface area contributed by atoms with Gasteiger partial charge in [-0.1, -0.05) is 6.07 Å². The number of nitrogens with one attached hydrogen (secondary N) is 1. The number of aromatic nitrogens is 2. The number of benzene rings is 1. The lowest BCUT2D eigenvalue weighted by Gasteiger charge is -2.24. The number of aliphatic hydroxyl groups excluding tert-OH is 1. The van der Waals surface area contributed by atoms with Crippen LogP contribution in [0.2, 0.25) is 0 Å². The normalized spacial score (nSPS) is 12.6. The van der Waals surface area contributed by atoms with E-state index in [-0.39, 0.29) is 6.61 Å². The first-order valence-electron chi connectivity index (χ1n) is 10.7. The minimum atomic E-state index is -0.557. The predicted molar refractivity (Wildman–Crippen MR) is 120 cm³/mol. The molecule has 0 saturated heterocycles. The maximum Gasteiger partial charge on any atom is 0.161 e. The zero-order chi connectivity index (χ0) is 22.3. The average molecular weight is 419 g/mol. The Hall–Kier alpha value is -2.09. The molecular weight excluding hydrogens is 380 g/mol. The Morgan fingerprint density at radius 1 is 1.20 bits per heavy atom. The minimum absolute atomic E-state index is 0.227. The highest BCUT2D eigenvalue weighted by molar-refractivity contribution is 5.43. The second-order valence-corrected chi connectivity index (χ2v) is 8.05. The lowest BCUT2D eigenvalue weighted by Crippen LogP contribution is -2.36. The van der Waals surface area contributed by atoms with Crippen molar-refractivity contribution in [3.63, 3.8) is 0 Å². The smallest absolute Gasteiger partial charge is 0.161 e. The molecule has 1 unspecified atom stereocenters. The third kappa shape index (κ3) is 6.45. The Bertz CT molecular complexity index is 804. The molecule has 1 atom stereocenters. The lowest BCUT2D eigenvalue weighted by atomic mass is 10.1. The molecule has 30 heavy (non-hydrogen) atoms. The van der Waals surface area contributed by atoms with Crippen molar-refractivity contribution in [3.8, 4) is 11.5 Å². The fraction of sp³-hybridized carbons (Fsp3) is 0.609. The molecule has 1 aromatic heterocycles. The lowest BCUT2D eigenvalue weighted by molar-refractivity contribution is 0.0668. The molecule has 2 N–H and O–H groups in total. The van der Waals surface area contributed by atoms with E-state index in [0.717, 1.165) is 24.3 Å². The van der Waals surface area contributed by atoms with Gasteiger partial charge in [-0.25, -0.2) is 0 Å². The van der Waals surface area contributed by atoms with Gasteiger partial charge in [0.05, 0.1) is 12.8 Å². The molecule has 0 aliphatic carbocycles. The predicted octanol–water partition coefficient (Wildman–Crippen LogP) is 2.90. The van der Waals surface area contributed by atoms with Crippen molar-refractivity contribution < 1.29 is 14.6 Å². The maximum absolute atomic E-state index is 10.2. The summed E-state index contributed by atoms with van der Waals surface area (Å²) in [6, 6.07) is 6.28. The van der Waals surface area contributed by atoms with Gasteiger partial charge in [-0.15, -0.1) is 0 Å². The second kappa shape index (κ2) is 11.3. The van der Waals surface area contributed by atoms with E-state index in [0.29, 0.717) is 30.6 Å². The van der Waals surface area contributed by atoms with Gasteiger partial charge < -0.3 is 24.8 Å². The summed E-state index contributed by atoms with van der Waals surface area (Å²) in [4.78, 5) is 2.09. The summed E-state index contributed by atoms with van der Waals surface area (Å²) >= 11 is 0. The van der Waals surface area contributed by atoms with E-state index in [9.17, 15) is 5.11 Å². The third-order valence-electron chi connectivity index (χ3n) is 5.50. The van der Waals surface area contributed by atoms with Crippen LogP contribution in [0.25, 0.3) is 0 Å². The molecule has 0 amide bonds. The summed E-state index contributed by atoms with van der Waals surface area (Å²) in [6.07, 6.45) is -0.557. The van der Waals surface area contributed by atoms with Crippen molar-refractivity contribution in [2.24, 2.45) is 0 Å². The Labute approximate surface area is 181 Å². The molecule has 1 aromatic carbocycles. The summed E-state index contributed by atoms with van der Waals surface area (Å²) in [6.45, 7) is 13.6. The largest absolute Gasteiger partial charge is 0.493 e. The first kappa shape index (κ1) is 24.2. The van der Waals surface area contributed by atoms with Gasteiger partial charge in [0.25, 0.3) is 0 Å². The van der Waals surface area contributed by atoms with Crippen molar-refractivity contribution in [1.29, 1.82) is 0 Å². The Morgan fingerprint density at radius 2 is 1.93 bits per heavy atom. The summed E-state index contributed by atoms with van der Waals surface area (Å²) < 4.78 is 13.3. The fourth-order valence-corrected chi connectivity index (χ4v) is 3.35. The quantitative estimate of drug-likeness (QED) is 0.552. The number of methoxy groups -OCH3 is 1. The van der Waals surface area contributed by atoms with Crippen LogP contribution in [0, 0.1) is 13.8 Å². The van der Waals surface area contributed by atoms with Crippen molar-refractivity contribution in [1.82, 2.24) is 20.0 Å². The molecule has 0 radical (unpaired) electrons. The van der Waals surface area contributed by atoms with Gasteiger partial charge in [0, 0.05) is 43.5 Å². The van der Waals surface area contributed by atoms with Gasteiger partial charge in [-0.3, -0.25) is 4.68 Å². The van der Waals surface area contributed by atoms with Gasteiger partial charge >= 0.3 is 0 Å². The van der Waals surface area contributed by atoms with Gasteiger partial charge in [0.1, 0.15) is 12.7 Å². The molecular formula is C23H38N4O3. The van der Waals surface area contributed by atoms with Crippen LogP contribution >= 0.6 is 0 Å². The van der Waals surface area contributed by atoms with Gasteiger partial charge in [-0.05, 0) is 59.4 Å². The van der Waals surface area contributed by atoms with E-state index in [1.165, 1.54) is 11.3 Å². The van der Waals surface area contributed by atoms with E-state index in [4.69, 9.17) is 9.47 Å². The molecule has 168 valence electrons. The number of rotatable bonds is 12. The Morgan fingerprint density at radius 3 is 2.53 bits per heavy atom. The van der Waals surface area contributed by atoms with E-state index in [1.807, 2.05) is 29.9 Å². The van der Waals surface area contributed by atoms with Crippen LogP contribution in [-0.2, 0) is 19.6 Å². The molecule has 7 heteroatoms. The number of likely N-dealkylation sites (N-methyl/N-ethyl adjacent to an activating group) is 1. The zero-order valence-electron chi connectivity index (χ0n) is 19.5. The molecule has 2 rings (SSSR count). The highest BCUT2D eigenvalue weighted by atomic mass is 16.5. The monoisotopic (exact) mass is 418 g/mol. The first-order valence-corrected chi connectivity index (χ1v) is 10.7. The van der Waals surface area contributed by atoms with Crippen molar-refractivity contribution in [2.45, 2.75) is 66.4 Å². The molecule has 0 fully saturated rings. The van der Waals surface area contributed by atoms with Crippen LogP contribution < -0.4 is 14.8 Å². The molecule has 1 heterocycles. The van der Waals surface area contributed by atoms with Crippen LogP contribution in [0.3, 0.4) is 0 Å². The molecule has 2 aromatic rings. The molecule has 0 bridgehead atoms. The number of hydrogen-bond acceptors (Lipinski definition) is 6. The molecule has 0 spiro atoms. The summed E-state index contributed by atoms with van der Waals surface area (Å²) in [5.41, 5.74) is 4.65. The zero-order valence-corrected chi connectivity index (χ0v) is 19.5. The van der Waals surface area contributed by atoms with Gasteiger partial charge in [0.2, 0.25) is 0 Å². The van der Waals surface area contributed by atoms with E-state index >= 15 is 0 Å². The fourth-order valence-electron chi connectivity index (χ4n) is 3.35. The van der Waals surface area contributed by atoms with Crippen molar-refractivity contribution in [3.05, 3.63) is 40.7 Å². The maximum atomic E-state index is 10.2. The highest BCUT2D eigenvalue weighted by Crippen LogP contribution is 2.28. The summed E-state index contributed by atoms with van der Waals surface area (Å²) in [5, 5.41) is 18.3. The summed E-state index contributed by atoms with van der Waals surface area (Å²) in [7, 11) is 3.63. The number of aryl methyl sites for hydroxylation is 2. The minimum Gasteiger partial charge on any atom is -0.493 e. The van der Waals surface area contributed by atoms with Gasteiger partial charge in [0.15, 0.2) is 11.5 Å². The number of hydrogen-bond donors (Lipinski definition) is 2. The average Bonchev–Trinajstić information content (AvgIpc) is 2.99. The van der Waals surface area contributed by atoms with E-state index < -0.39 is 6.10 Å². The standard InChI is InChI=1S/C23H38N4O3/c1-8-27-18(5)21(17(4)25-27)13-24-12-19-9-10-22(23(11-19)29-7)30-15-20(28)14-26(6)16(2)3/h9-11,16,20,24,28H,8,12-15H2,1-7H3. The Kier molecular flexibility index (Phi) is 9.14. The molecule has 7 nitrogen and oxygen atoms in total. The van der Waals surface area contributed by atoms with Crippen molar-refractivity contribution >= 4 is 0 Å². The van der Waals surface area contributed by atoms with Crippen molar-refractivity contribution in [2.75, 3.05) is 27.3 Å². The van der Waals surface area contributed by atoms with Crippen LogP contribution in [0.5, 0.6) is 11.5 Å². The Balaban J connectivity index is 1.91. The number of nitrogens with zero attached hydrogens (tertiary/aromatic N) is 3. The molecule has 0 aliphatic rings. The van der Waals surface area contributed by atoms with E-state index in [2.05, 4.69) is 49.9 Å². The number of aliphatic hydroxyl groups is 1. The van der Waals surface area contributed by atoms with Crippen LogP contribution in [0.1, 0.15) is 43.3 Å². The topological polar surface area (TPSA) is 71.8 Å². The van der Waals surface area contributed by atoms with Crippen LogP contribution in [-0.4, -0.2) is 59.2 Å².